The molecule has 0 aliphatic carbocycles. The zero-order valence-corrected chi connectivity index (χ0v) is 13.5. The molecular formula is C15H17Cl2N5. The molecule has 116 valence electrons. The van der Waals surface area contributed by atoms with Gasteiger partial charge in [-0.1, -0.05) is 35.3 Å². The van der Waals surface area contributed by atoms with E-state index >= 15 is 0 Å². The number of benzene rings is 1. The van der Waals surface area contributed by atoms with E-state index in [0.29, 0.717) is 33.7 Å². The van der Waals surface area contributed by atoms with Gasteiger partial charge in [-0.25, -0.2) is 4.98 Å². The Kier molecular flexibility index (Phi) is 4.49. The zero-order chi connectivity index (χ0) is 15.7. The second-order valence-corrected chi connectivity index (χ2v) is 6.27. The lowest BCUT2D eigenvalue weighted by Gasteiger charge is -2.15. The fourth-order valence-corrected chi connectivity index (χ4v) is 3.04. The molecule has 5 nitrogen and oxygen atoms in total. The number of aromatic nitrogens is 2. The lowest BCUT2D eigenvalue weighted by Crippen LogP contribution is -2.26. The van der Waals surface area contributed by atoms with Gasteiger partial charge in [0.15, 0.2) is 0 Å². The molecule has 0 saturated carbocycles. The lowest BCUT2D eigenvalue weighted by molar-refractivity contribution is 0.322. The third-order valence-corrected chi connectivity index (χ3v) is 4.57. The van der Waals surface area contributed by atoms with Crippen LogP contribution in [0.2, 0.25) is 10.0 Å². The molecule has 22 heavy (non-hydrogen) atoms. The van der Waals surface area contributed by atoms with Crippen LogP contribution in [0.3, 0.4) is 0 Å². The van der Waals surface area contributed by atoms with E-state index in [1.807, 2.05) is 12.1 Å². The standard InChI is InChI=1S/C15H17Cl2N5/c16-12-3-1-2-11(13(12)17)14-15(19)21-10(6-20-14)8-22-5-4-9(18)7-22/h1-3,6,9H,4-5,7-8,18H2,(H2,19,21). The van der Waals surface area contributed by atoms with Crippen molar-refractivity contribution >= 4 is 29.0 Å². The van der Waals surface area contributed by atoms with Crippen LogP contribution in [0.4, 0.5) is 5.82 Å². The molecule has 3 rings (SSSR count). The Bertz CT molecular complexity index is 692. The third kappa shape index (κ3) is 3.17. The number of likely N-dealkylation sites (tertiary alicyclic amines) is 1. The monoisotopic (exact) mass is 337 g/mol. The van der Waals surface area contributed by atoms with Gasteiger partial charge in [-0.05, 0) is 12.5 Å². The van der Waals surface area contributed by atoms with Crippen molar-refractivity contribution in [1.82, 2.24) is 14.9 Å². The Hall–Kier alpha value is -1.40. The molecule has 1 saturated heterocycles. The second kappa shape index (κ2) is 6.38. The predicted molar refractivity (Wildman–Crippen MR) is 89.8 cm³/mol. The van der Waals surface area contributed by atoms with E-state index in [-0.39, 0.29) is 6.04 Å². The lowest BCUT2D eigenvalue weighted by atomic mass is 10.1. The van der Waals surface area contributed by atoms with E-state index in [0.717, 1.165) is 25.2 Å². The van der Waals surface area contributed by atoms with Gasteiger partial charge < -0.3 is 11.5 Å². The minimum atomic E-state index is 0.245. The number of nitrogens with two attached hydrogens (primary N) is 2. The summed E-state index contributed by atoms with van der Waals surface area (Å²) in [5.41, 5.74) is 14.0. The maximum atomic E-state index is 6.22. The molecule has 1 fully saturated rings. The molecule has 1 aromatic heterocycles. The highest BCUT2D eigenvalue weighted by molar-refractivity contribution is 6.43. The molecule has 0 spiro atoms. The van der Waals surface area contributed by atoms with Crippen LogP contribution in [0.1, 0.15) is 12.1 Å². The van der Waals surface area contributed by atoms with Gasteiger partial charge in [0, 0.05) is 31.2 Å². The zero-order valence-electron chi connectivity index (χ0n) is 12.0. The molecule has 0 bridgehead atoms. The van der Waals surface area contributed by atoms with Gasteiger partial charge in [-0.15, -0.1) is 0 Å². The largest absolute Gasteiger partial charge is 0.382 e. The highest BCUT2D eigenvalue weighted by atomic mass is 35.5. The van der Waals surface area contributed by atoms with Crippen LogP contribution in [-0.4, -0.2) is 34.0 Å². The van der Waals surface area contributed by atoms with Gasteiger partial charge in [0.25, 0.3) is 0 Å². The molecular weight excluding hydrogens is 321 g/mol. The van der Waals surface area contributed by atoms with Crippen LogP contribution in [0.25, 0.3) is 11.3 Å². The Balaban J connectivity index is 1.84. The summed E-state index contributed by atoms with van der Waals surface area (Å²) in [6.45, 7) is 2.56. The number of hydrogen-bond donors (Lipinski definition) is 2. The summed E-state index contributed by atoms with van der Waals surface area (Å²) in [6.07, 6.45) is 2.74. The van der Waals surface area contributed by atoms with Crippen LogP contribution in [0.15, 0.2) is 24.4 Å². The summed E-state index contributed by atoms with van der Waals surface area (Å²) in [6, 6.07) is 5.61. The summed E-state index contributed by atoms with van der Waals surface area (Å²) in [4.78, 5) is 11.1. The topological polar surface area (TPSA) is 81.1 Å². The van der Waals surface area contributed by atoms with E-state index in [9.17, 15) is 0 Å². The van der Waals surface area contributed by atoms with Crippen LogP contribution in [-0.2, 0) is 6.54 Å². The summed E-state index contributed by atoms with van der Waals surface area (Å²) < 4.78 is 0. The molecule has 2 heterocycles. The fourth-order valence-electron chi connectivity index (χ4n) is 2.65. The number of rotatable bonds is 3. The van der Waals surface area contributed by atoms with Crippen LogP contribution >= 0.6 is 23.2 Å². The van der Waals surface area contributed by atoms with Crippen molar-refractivity contribution in [2.75, 3.05) is 18.8 Å². The van der Waals surface area contributed by atoms with E-state index in [1.165, 1.54) is 0 Å². The molecule has 1 aliphatic heterocycles. The van der Waals surface area contributed by atoms with Gasteiger partial charge >= 0.3 is 0 Å². The highest BCUT2D eigenvalue weighted by Crippen LogP contribution is 2.34. The number of hydrogen-bond acceptors (Lipinski definition) is 5. The molecule has 0 amide bonds. The van der Waals surface area contributed by atoms with Gasteiger partial charge in [0.05, 0.1) is 21.9 Å². The molecule has 4 N–H and O–H groups in total. The quantitative estimate of drug-likeness (QED) is 0.899. The highest BCUT2D eigenvalue weighted by Gasteiger charge is 2.20. The first-order chi connectivity index (χ1) is 10.5. The first-order valence-electron chi connectivity index (χ1n) is 7.08. The van der Waals surface area contributed by atoms with E-state index < -0.39 is 0 Å². The van der Waals surface area contributed by atoms with E-state index in [2.05, 4.69) is 14.9 Å². The minimum absolute atomic E-state index is 0.245. The molecule has 1 aromatic carbocycles. The van der Waals surface area contributed by atoms with Crippen molar-refractivity contribution in [3.63, 3.8) is 0 Å². The van der Waals surface area contributed by atoms with Crippen molar-refractivity contribution < 1.29 is 0 Å². The maximum Gasteiger partial charge on any atom is 0.150 e. The second-order valence-electron chi connectivity index (χ2n) is 5.48. The first-order valence-corrected chi connectivity index (χ1v) is 7.84. The normalized spacial score (nSPS) is 18.8. The van der Waals surface area contributed by atoms with Crippen LogP contribution in [0, 0.1) is 0 Å². The van der Waals surface area contributed by atoms with E-state index in [1.54, 1.807) is 12.3 Å². The molecule has 2 aromatic rings. The summed E-state index contributed by atoms with van der Waals surface area (Å²) >= 11 is 12.3. The number of anilines is 1. The summed E-state index contributed by atoms with van der Waals surface area (Å²) in [7, 11) is 0. The molecule has 1 aliphatic rings. The summed E-state index contributed by atoms with van der Waals surface area (Å²) in [5, 5.41) is 0.902. The number of nitrogen functional groups attached to an aromatic ring is 1. The maximum absolute atomic E-state index is 6.22. The van der Waals surface area contributed by atoms with Crippen LogP contribution in [0.5, 0.6) is 0 Å². The fraction of sp³-hybridized carbons (Fsp3) is 0.333. The smallest absolute Gasteiger partial charge is 0.150 e. The van der Waals surface area contributed by atoms with Crippen molar-refractivity contribution in [2.24, 2.45) is 5.73 Å². The molecule has 0 radical (unpaired) electrons. The molecule has 7 heteroatoms. The number of nitrogens with zero attached hydrogens (tertiary/aromatic N) is 3. The average Bonchev–Trinajstić information content (AvgIpc) is 2.88. The van der Waals surface area contributed by atoms with Crippen molar-refractivity contribution in [1.29, 1.82) is 0 Å². The Morgan fingerprint density at radius 2 is 2.14 bits per heavy atom. The van der Waals surface area contributed by atoms with Crippen LogP contribution < -0.4 is 11.5 Å². The van der Waals surface area contributed by atoms with Crippen molar-refractivity contribution in [3.05, 3.63) is 40.1 Å². The number of halogens is 2. The average molecular weight is 338 g/mol. The minimum Gasteiger partial charge on any atom is -0.382 e. The van der Waals surface area contributed by atoms with Gasteiger partial charge in [-0.2, -0.15) is 0 Å². The van der Waals surface area contributed by atoms with Gasteiger partial charge in [0.2, 0.25) is 0 Å². The SMILES string of the molecule is Nc1nc(CN2CCC(N)C2)cnc1-c1cccc(Cl)c1Cl. The third-order valence-electron chi connectivity index (χ3n) is 3.75. The Morgan fingerprint density at radius 3 is 2.82 bits per heavy atom. The molecule has 1 atom stereocenters. The first kappa shape index (κ1) is 15.5. The van der Waals surface area contributed by atoms with Gasteiger partial charge in [0.1, 0.15) is 11.5 Å². The summed E-state index contributed by atoms with van der Waals surface area (Å²) in [5.74, 6) is 0.352. The Morgan fingerprint density at radius 1 is 1.32 bits per heavy atom. The van der Waals surface area contributed by atoms with E-state index in [4.69, 9.17) is 34.7 Å². The van der Waals surface area contributed by atoms with Gasteiger partial charge in [-0.3, -0.25) is 9.88 Å². The Labute approximate surface area is 139 Å². The predicted octanol–water partition coefficient (Wildman–Crippen LogP) is 2.57. The molecule has 1 unspecified atom stereocenters. The van der Waals surface area contributed by atoms with Crippen molar-refractivity contribution in [2.45, 2.75) is 19.0 Å². The van der Waals surface area contributed by atoms with Crippen molar-refractivity contribution in [3.8, 4) is 11.3 Å².